The molecule has 0 atom stereocenters. The van der Waals surface area contributed by atoms with E-state index in [9.17, 15) is 9.59 Å². The smallest absolute Gasteiger partial charge is 0.352 e. The van der Waals surface area contributed by atoms with Crippen LogP contribution < -0.4 is 5.32 Å². The highest BCUT2D eigenvalue weighted by Gasteiger charge is 2.10. The van der Waals surface area contributed by atoms with Crippen LogP contribution in [0.25, 0.3) is 17.0 Å². The number of carboxylic acids is 1. The van der Waals surface area contributed by atoms with E-state index in [0.29, 0.717) is 0 Å². The summed E-state index contributed by atoms with van der Waals surface area (Å²) in [4.78, 5) is 25.0. The lowest BCUT2D eigenvalue weighted by Crippen LogP contribution is -2.24. The third kappa shape index (κ3) is 2.40. The molecule has 0 saturated carbocycles. The molecule has 3 N–H and O–H groups in total. The number of benzene rings is 1. The molecule has 1 amide bonds. The van der Waals surface area contributed by atoms with E-state index in [0.717, 1.165) is 16.5 Å². The second-order valence-corrected chi connectivity index (χ2v) is 3.83. The molecular weight excluding hydrogens is 233 g/mol. The van der Waals surface area contributed by atoms with Crippen LogP contribution >= 0.6 is 0 Å². The highest BCUT2D eigenvalue weighted by Crippen LogP contribution is 2.19. The number of hydrogen-bond donors (Lipinski definition) is 3. The van der Waals surface area contributed by atoms with Gasteiger partial charge in [-0.05, 0) is 12.1 Å². The van der Waals surface area contributed by atoms with Crippen molar-refractivity contribution in [1.29, 1.82) is 0 Å². The van der Waals surface area contributed by atoms with E-state index in [2.05, 4.69) is 10.3 Å². The first-order valence-corrected chi connectivity index (χ1v) is 5.36. The van der Waals surface area contributed by atoms with Crippen molar-refractivity contribution in [3.8, 4) is 0 Å². The molecule has 0 unspecified atom stereocenters. The number of fused-ring (bicyclic) bond motifs is 1. The molecule has 5 nitrogen and oxygen atoms in total. The summed E-state index contributed by atoms with van der Waals surface area (Å²) >= 11 is 0. The van der Waals surface area contributed by atoms with E-state index in [4.69, 9.17) is 5.11 Å². The number of para-hydroxylation sites is 1. The van der Waals surface area contributed by atoms with Gasteiger partial charge in [-0.3, -0.25) is 4.79 Å². The zero-order chi connectivity index (χ0) is 13.1. The summed E-state index contributed by atoms with van der Waals surface area (Å²) in [5, 5.41) is 12.2. The molecule has 0 fully saturated rings. The fourth-order valence-corrected chi connectivity index (χ4v) is 1.71. The van der Waals surface area contributed by atoms with Crippen molar-refractivity contribution in [3.63, 3.8) is 0 Å². The van der Waals surface area contributed by atoms with E-state index >= 15 is 0 Å². The van der Waals surface area contributed by atoms with Crippen LogP contribution in [0, 0.1) is 0 Å². The van der Waals surface area contributed by atoms with E-state index in [-0.39, 0.29) is 5.70 Å². The third-order valence-corrected chi connectivity index (χ3v) is 2.46. The van der Waals surface area contributed by atoms with Crippen molar-refractivity contribution >= 4 is 28.9 Å². The minimum absolute atomic E-state index is 0.146. The Morgan fingerprint density at radius 2 is 2.06 bits per heavy atom. The first-order chi connectivity index (χ1) is 8.58. The van der Waals surface area contributed by atoms with Crippen molar-refractivity contribution in [3.05, 3.63) is 41.7 Å². The van der Waals surface area contributed by atoms with Crippen molar-refractivity contribution < 1.29 is 14.7 Å². The van der Waals surface area contributed by atoms with Gasteiger partial charge in [-0.2, -0.15) is 0 Å². The number of aliphatic carboxylic acids is 1. The number of rotatable bonds is 3. The second-order valence-electron chi connectivity index (χ2n) is 3.83. The zero-order valence-electron chi connectivity index (χ0n) is 9.73. The van der Waals surface area contributed by atoms with Crippen molar-refractivity contribution in [2.45, 2.75) is 6.92 Å². The Kier molecular flexibility index (Phi) is 3.14. The average Bonchev–Trinajstić information content (AvgIpc) is 2.71. The van der Waals surface area contributed by atoms with Crippen LogP contribution in [0.5, 0.6) is 0 Å². The maximum absolute atomic E-state index is 11.0. The third-order valence-electron chi connectivity index (χ3n) is 2.46. The number of aromatic amines is 1. The predicted octanol–water partition coefficient (Wildman–Crippen LogP) is 1.73. The van der Waals surface area contributed by atoms with Gasteiger partial charge < -0.3 is 15.4 Å². The fraction of sp³-hybridized carbons (Fsp3) is 0.0769. The number of carbonyl (C=O) groups excluding carboxylic acids is 1. The van der Waals surface area contributed by atoms with Crippen LogP contribution in [-0.4, -0.2) is 22.0 Å². The van der Waals surface area contributed by atoms with E-state index < -0.39 is 11.9 Å². The molecule has 0 radical (unpaired) electrons. The first kappa shape index (κ1) is 11.9. The normalized spacial score (nSPS) is 11.5. The van der Waals surface area contributed by atoms with Gasteiger partial charge in [0.1, 0.15) is 5.70 Å². The zero-order valence-corrected chi connectivity index (χ0v) is 9.73. The summed E-state index contributed by atoms with van der Waals surface area (Å²) in [7, 11) is 0. The van der Waals surface area contributed by atoms with E-state index in [1.165, 1.54) is 13.0 Å². The van der Waals surface area contributed by atoms with Crippen molar-refractivity contribution in [1.82, 2.24) is 10.3 Å². The van der Waals surface area contributed by atoms with E-state index in [1.54, 1.807) is 6.20 Å². The lowest BCUT2D eigenvalue weighted by atomic mass is 10.1. The van der Waals surface area contributed by atoms with Gasteiger partial charge in [-0.25, -0.2) is 4.79 Å². The number of H-pyrrole nitrogens is 1. The summed E-state index contributed by atoms with van der Waals surface area (Å²) in [5.74, 6) is -1.58. The Bertz CT molecular complexity index is 640. The summed E-state index contributed by atoms with van der Waals surface area (Å²) in [6.07, 6.45) is 3.14. The van der Waals surface area contributed by atoms with Gasteiger partial charge in [0.05, 0.1) is 0 Å². The SMILES string of the molecule is CC(=O)N/C(=C\c1c[nH]c2ccccc12)[13C](=O)O. The predicted molar refractivity (Wildman–Crippen MR) is 67.7 cm³/mol. The van der Waals surface area contributed by atoms with Crippen molar-refractivity contribution in [2.75, 3.05) is 0 Å². The molecule has 2 aromatic rings. The molecule has 1 aromatic carbocycles. The topological polar surface area (TPSA) is 82.2 Å². The van der Waals surface area contributed by atoms with Gasteiger partial charge in [0.25, 0.3) is 0 Å². The largest absolute Gasteiger partial charge is 0.477 e. The number of aromatic nitrogens is 1. The van der Waals surface area contributed by atoms with Crippen LogP contribution in [0.1, 0.15) is 12.5 Å². The quantitative estimate of drug-likeness (QED) is 0.569. The fourth-order valence-electron chi connectivity index (χ4n) is 1.71. The Hall–Kier alpha value is -2.56. The molecule has 0 bridgehead atoms. The Balaban J connectivity index is 2.46. The molecule has 0 aliphatic rings. The summed E-state index contributed by atoms with van der Waals surface area (Å²) in [5.41, 5.74) is 1.49. The monoisotopic (exact) mass is 245 g/mol. The maximum atomic E-state index is 11.0. The number of amides is 1. The minimum atomic E-state index is -1.17. The highest BCUT2D eigenvalue weighted by molar-refractivity contribution is 5.99. The average molecular weight is 245 g/mol. The summed E-state index contributed by atoms with van der Waals surface area (Å²) < 4.78 is 0. The highest BCUT2D eigenvalue weighted by atomic mass is 16.5. The second kappa shape index (κ2) is 4.75. The lowest BCUT2D eigenvalue weighted by molar-refractivity contribution is -0.134. The first-order valence-electron chi connectivity index (χ1n) is 5.36. The van der Waals surface area contributed by atoms with Gasteiger partial charge >= 0.3 is 5.97 Å². The Labute approximate surface area is 103 Å². The lowest BCUT2D eigenvalue weighted by Gasteiger charge is -2.02. The minimum Gasteiger partial charge on any atom is -0.477 e. The Morgan fingerprint density at radius 1 is 1.33 bits per heavy atom. The van der Waals surface area contributed by atoms with Gasteiger partial charge in [-0.1, -0.05) is 18.2 Å². The van der Waals surface area contributed by atoms with Crippen molar-refractivity contribution in [2.24, 2.45) is 0 Å². The molecule has 1 heterocycles. The number of carbonyl (C=O) groups is 2. The number of carboxylic acid groups (broad SMARTS) is 1. The molecule has 18 heavy (non-hydrogen) atoms. The van der Waals surface area contributed by atoms with Crippen LogP contribution in [0.2, 0.25) is 0 Å². The molecule has 0 aliphatic carbocycles. The van der Waals surface area contributed by atoms with Crippen LogP contribution in [-0.2, 0) is 9.59 Å². The molecule has 5 heteroatoms. The van der Waals surface area contributed by atoms with Gasteiger partial charge in [0.2, 0.25) is 5.91 Å². The summed E-state index contributed by atoms with van der Waals surface area (Å²) in [6.45, 7) is 1.27. The van der Waals surface area contributed by atoms with Crippen LogP contribution in [0.3, 0.4) is 0 Å². The molecule has 92 valence electrons. The molecule has 0 spiro atoms. The van der Waals surface area contributed by atoms with Gasteiger partial charge in [0, 0.05) is 29.6 Å². The number of hydrogen-bond acceptors (Lipinski definition) is 2. The Morgan fingerprint density at radius 3 is 2.72 bits per heavy atom. The van der Waals surface area contributed by atoms with Gasteiger partial charge in [-0.15, -0.1) is 0 Å². The van der Waals surface area contributed by atoms with Crippen LogP contribution in [0.15, 0.2) is 36.2 Å². The van der Waals surface area contributed by atoms with E-state index in [1.807, 2.05) is 24.3 Å². The van der Waals surface area contributed by atoms with Crippen LogP contribution in [0.4, 0.5) is 0 Å². The van der Waals surface area contributed by atoms with Gasteiger partial charge in [0.15, 0.2) is 0 Å². The molecule has 0 saturated heterocycles. The number of nitrogens with one attached hydrogen (secondary N) is 2. The standard InChI is InChI=1S/C13H12N2O3/c1-8(16)15-12(13(17)18)6-9-7-14-11-5-3-2-4-10(9)11/h2-7,14H,1H3,(H,15,16)(H,17,18)/b12-6-/i13+1. The summed E-state index contributed by atoms with van der Waals surface area (Å²) in [6, 6.07) is 7.53. The molecule has 1 aromatic heterocycles. The molecule has 0 aliphatic heterocycles. The molecular formula is C13H12N2O3. The molecule has 2 rings (SSSR count). The maximum Gasteiger partial charge on any atom is 0.352 e.